The molecule has 0 aliphatic carbocycles. The number of pyridine rings is 1. The second kappa shape index (κ2) is 3.67. The summed E-state index contributed by atoms with van der Waals surface area (Å²) >= 11 is 3.40. The lowest BCUT2D eigenvalue weighted by Gasteiger charge is -2.08. The van der Waals surface area contributed by atoms with Gasteiger partial charge < -0.3 is 5.73 Å². The molecule has 1 heterocycles. The molecule has 0 amide bonds. The van der Waals surface area contributed by atoms with Crippen LogP contribution in [-0.2, 0) is 0 Å². The second-order valence-corrected chi connectivity index (χ2v) is 4.28. The van der Waals surface area contributed by atoms with Crippen molar-refractivity contribution in [3.8, 4) is 0 Å². The highest BCUT2D eigenvalue weighted by Gasteiger charge is 2.05. The highest BCUT2D eigenvalue weighted by molar-refractivity contribution is 9.10. The van der Waals surface area contributed by atoms with Crippen LogP contribution < -0.4 is 5.73 Å². The molecular formula is C11H11BrN2. The van der Waals surface area contributed by atoms with Crippen LogP contribution in [0.2, 0.25) is 0 Å². The van der Waals surface area contributed by atoms with Crippen LogP contribution in [0.1, 0.15) is 18.5 Å². The number of para-hydroxylation sites is 1. The largest absolute Gasteiger partial charge is 0.324 e. The molecule has 0 spiro atoms. The molecule has 3 heteroatoms. The zero-order chi connectivity index (χ0) is 10.1. The van der Waals surface area contributed by atoms with E-state index in [0.29, 0.717) is 0 Å². The fourth-order valence-electron chi connectivity index (χ4n) is 1.52. The summed E-state index contributed by atoms with van der Waals surface area (Å²) in [6.07, 6.45) is 1.80. The van der Waals surface area contributed by atoms with Crippen LogP contribution in [0.3, 0.4) is 0 Å². The van der Waals surface area contributed by atoms with Crippen LogP contribution in [0.25, 0.3) is 10.9 Å². The van der Waals surface area contributed by atoms with Gasteiger partial charge in [-0.1, -0.05) is 18.2 Å². The molecule has 0 bridgehead atoms. The molecule has 72 valence electrons. The van der Waals surface area contributed by atoms with Gasteiger partial charge >= 0.3 is 0 Å². The molecule has 0 aliphatic heterocycles. The van der Waals surface area contributed by atoms with Gasteiger partial charge in [0.15, 0.2) is 0 Å². The summed E-state index contributed by atoms with van der Waals surface area (Å²) in [5, 5.41) is 1.12. The summed E-state index contributed by atoms with van der Waals surface area (Å²) < 4.78 is 0.992. The first-order valence-electron chi connectivity index (χ1n) is 4.48. The predicted octanol–water partition coefficient (Wildman–Crippen LogP) is 3.02. The zero-order valence-corrected chi connectivity index (χ0v) is 9.45. The number of halogens is 1. The van der Waals surface area contributed by atoms with E-state index in [4.69, 9.17) is 5.73 Å². The van der Waals surface area contributed by atoms with E-state index in [1.807, 2.05) is 31.2 Å². The molecule has 0 aliphatic rings. The Hall–Kier alpha value is -0.930. The van der Waals surface area contributed by atoms with Crippen molar-refractivity contribution in [1.82, 2.24) is 4.98 Å². The maximum absolute atomic E-state index is 5.87. The molecule has 1 unspecified atom stereocenters. The van der Waals surface area contributed by atoms with Crippen molar-refractivity contribution in [2.75, 3.05) is 0 Å². The van der Waals surface area contributed by atoms with E-state index in [0.717, 1.165) is 20.9 Å². The smallest absolute Gasteiger partial charge is 0.0750 e. The Labute approximate surface area is 91.3 Å². The van der Waals surface area contributed by atoms with Crippen LogP contribution in [0.5, 0.6) is 0 Å². The normalized spacial score (nSPS) is 13.1. The maximum atomic E-state index is 5.87. The van der Waals surface area contributed by atoms with Gasteiger partial charge in [0.2, 0.25) is 0 Å². The van der Waals surface area contributed by atoms with Gasteiger partial charge in [0.1, 0.15) is 0 Å². The van der Waals surface area contributed by atoms with Gasteiger partial charge in [-0.25, -0.2) is 0 Å². The third-order valence-corrected chi connectivity index (χ3v) is 2.63. The first-order chi connectivity index (χ1) is 6.68. The molecule has 2 aromatic rings. The lowest BCUT2D eigenvalue weighted by Crippen LogP contribution is -2.05. The van der Waals surface area contributed by atoms with E-state index in [-0.39, 0.29) is 6.04 Å². The van der Waals surface area contributed by atoms with Crippen LogP contribution in [0, 0.1) is 0 Å². The molecular weight excluding hydrogens is 240 g/mol. The number of rotatable bonds is 1. The fraction of sp³-hybridized carbons (Fsp3) is 0.182. The SMILES string of the molecule is CC(N)c1cccc2cc(Br)cnc12. The number of hydrogen-bond donors (Lipinski definition) is 1. The van der Waals surface area contributed by atoms with Gasteiger partial charge in [-0.15, -0.1) is 0 Å². The van der Waals surface area contributed by atoms with Gasteiger partial charge in [-0.05, 0) is 34.5 Å². The van der Waals surface area contributed by atoms with Gasteiger partial charge in [0.05, 0.1) is 5.52 Å². The van der Waals surface area contributed by atoms with Crippen molar-refractivity contribution in [2.45, 2.75) is 13.0 Å². The fourth-order valence-corrected chi connectivity index (χ4v) is 1.87. The first-order valence-corrected chi connectivity index (χ1v) is 5.27. The Kier molecular flexibility index (Phi) is 2.52. The molecule has 0 saturated carbocycles. The zero-order valence-electron chi connectivity index (χ0n) is 7.87. The minimum atomic E-state index is 0.0207. The minimum Gasteiger partial charge on any atom is -0.324 e. The quantitative estimate of drug-likeness (QED) is 0.846. The van der Waals surface area contributed by atoms with Crippen LogP contribution in [-0.4, -0.2) is 4.98 Å². The molecule has 2 nitrogen and oxygen atoms in total. The van der Waals surface area contributed by atoms with E-state index >= 15 is 0 Å². The standard InChI is InChI=1S/C11H11BrN2/c1-7(13)10-4-2-3-8-5-9(12)6-14-11(8)10/h2-7H,13H2,1H3. The lowest BCUT2D eigenvalue weighted by molar-refractivity contribution is 0.824. The highest BCUT2D eigenvalue weighted by Crippen LogP contribution is 2.23. The number of benzene rings is 1. The van der Waals surface area contributed by atoms with Crippen molar-refractivity contribution in [3.05, 3.63) is 40.5 Å². The molecule has 0 saturated heterocycles. The van der Waals surface area contributed by atoms with Gasteiger partial charge in [0.25, 0.3) is 0 Å². The van der Waals surface area contributed by atoms with Crippen LogP contribution in [0.4, 0.5) is 0 Å². The molecule has 0 fully saturated rings. The minimum absolute atomic E-state index is 0.0207. The number of hydrogen-bond acceptors (Lipinski definition) is 2. The highest BCUT2D eigenvalue weighted by atomic mass is 79.9. The summed E-state index contributed by atoms with van der Waals surface area (Å²) in [5.41, 5.74) is 7.95. The summed E-state index contributed by atoms with van der Waals surface area (Å²) in [5.74, 6) is 0. The number of nitrogens with two attached hydrogens (primary N) is 1. The maximum Gasteiger partial charge on any atom is 0.0750 e. The van der Waals surface area contributed by atoms with Crippen molar-refractivity contribution in [1.29, 1.82) is 0 Å². The number of nitrogens with zero attached hydrogens (tertiary/aromatic N) is 1. The summed E-state index contributed by atoms with van der Waals surface area (Å²) in [7, 11) is 0. The topological polar surface area (TPSA) is 38.9 Å². The van der Waals surface area contributed by atoms with E-state index in [1.54, 1.807) is 6.20 Å². The molecule has 1 aromatic carbocycles. The number of aromatic nitrogens is 1. The van der Waals surface area contributed by atoms with E-state index in [9.17, 15) is 0 Å². The molecule has 2 N–H and O–H groups in total. The monoisotopic (exact) mass is 250 g/mol. The predicted molar refractivity (Wildman–Crippen MR) is 62.0 cm³/mol. The van der Waals surface area contributed by atoms with Crippen LogP contribution in [0.15, 0.2) is 34.9 Å². The second-order valence-electron chi connectivity index (χ2n) is 3.36. The van der Waals surface area contributed by atoms with Gasteiger partial charge in [-0.2, -0.15) is 0 Å². The third kappa shape index (κ3) is 1.65. The Morgan fingerprint density at radius 3 is 2.93 bits per heavy atom. The lowest BCUT2D eigenvalue weighted by atomic mass is 10.1. The molecule has 14 heavy (non-hydrogen) atoms. The van der Waals surface area contributed by atoms with Crippen molar-refractivity contribution < 1.29 is 0 Å². The third-order valence-electron chi connectivity index (χ3n) is 2.20. The molecule has 1 aromatic heterocycles. The van der Waals surface area contributed by atoms with Gasteiger partial charge in [-0.3, -0.25) is 4.98 Å². The summed E-state index contributed by atoms with van der Waals surface area (Å²) in [4.78, 5) is 4.38. The van der Waals surface area contributed by atoms with Crippen molar-refractivity contribution in [2.24, 2.45) is 5.73 Å². The average Bonchev–Trinajstić information content (AvgIpc) is 2.16. The Balaban J connectivity index is 2.75. The first kappa shape index (κ1) is 9.62. The van der Waals surface area contributed by atoms with E-state index in [2.05, 4.69) is 20.9 Å². The Morgan fingerprint density at radius 1 is 1.43 bits per heavy atom. The summed E-state index contributed by atoms with van der Waals surface area (Å²) in [6, 6.07) is 8.14. The Bertz CT molecular complexity index is 466. The molecule has 2 rings (SSSR count). The Morgan fingerprint density at radius 2 is 2.21 bits per heavy atom. The number of fused-ring (bicyclic) bond motifs is 1. The average molecular weight is 251 g/mol. The van der Waals surface area contributed by atoms with E-state index in [1.165, 1.54) is 0 Å². The molecule has 1 atom stereocenters. The van der Waals surface area contributed by atoms with E-state index < -0.39 is 0 Å². The van der Waals surface area contributed by atoms with Crippen molar-refractivity contribution >= 4 is 26.8 Å². The van der Waals surface area contributed by atoms with Crippen molar-refractivity contribution in [3.63, 3.8) is 0 Å². The van der Waals surface area contributed by atoms with Crippen LogP contribution >= 0.6 is 15.9 Å². The molecule has 0 radical (unpaired) electrons. The van der Waals surface area contributed by atoms with Gasteiger partial charge in [0, 0.05) is 22.1 Å². The summed E-state index contributed by atoms with van der Waals surface area (Å²) in [6.45, 7) is 1.97.